The highest BCUT2D eigenvalue weighted by Gasteiger charge is 2.37. The molecule has 2 rings (SSSR count). The second-order valence-corrected chi connectivity index (χ2v) is 4.21. The number of nitrogens with two attached hydrogens (primary N) is 1. The van der Waals surface area contributed by atoms with Crippen molar-refractivity contribution >= 4 is 0 Å². The Kier molecular flexibility index (Phi) is 2.29. The Hall–Kier alpha value is -0.930. The molecule has 1 aliphatic heterocycles. The first-order valence-electron chi connectivity index (χ1n) is 4.85. The molecule has 1 saturated heterocycles. The van der Waals surface area contributed by atoms with E-state index in [9.17, 15) is 4.39 Å². The van der Waals surface area contributed by atoms with Gasteiger partial charge in [0.15, 0.2) is 0 Å². The van der Waals surface area contributed by atoms with Crippen molar-refractivity contribution in [3.8, 4) is 0 Å². The first kappa shape index (κ1) is 9.62. The zero-order valence-corrected chi connectivity index (χ0v) is 8.26. The predicted octanol–water partition coefficient (Wildman–Crippen LogP) is 1.23. The first-order valence-corrected chi connectivity index (χ1v) is 4.85. The van der Waals surface area contributed by atoms with E-state index in [4.69, 9.17) is 5.73 Å². The average Bonchev–Trinajstić information content (AvgIpc) is 2.46. The average molecular weight is 194 g/mol. The third-order valence-electron chi connectivity index (χ3n) is 2.93. The predicted molar refractivity (Wildman–Crippen MR) is 54.6 cm³/mol. The lowest BCUT2D eigenvalue weighted by molar-refractivity contribution is 0.447. The van der Waals surface area contributed by atoms with E-state index in [2.05, 4.69) is 5.32 Å². The second-order valence-electron chi connectivity index (χ2n) is 4.21. The summed E-state index contributed by atoms with van der Waals surface area (Å²) in [6.07, 6.45) is 0. The second kappa shape index (κ2) is 3.33. The molecule has 0 saturated carbocycles. The minimum absolute atomic E-state index is 0.0729. The van der Waals surface area contributed by atoms with E-state index in [1.54, 1.807) is 6.07 Å². The molecule has 3 heteroatoms. The molecule has 0 spiro atoms. The highest BCUT2D eigenvalue weighted by molar-refractivity contribution is 5.27. The minimum Gasteiger partial charge on any atom is -0.324 e. The van der Waals surface area contributed by atoms with Crippen LogP contribution < -0.4 is 11.1 Å². The van der Waals surface area contributed by atoms with E-state index < -0.39 is 0 Å². The van der Waals surface area contributed by atoms with Gasteiger partial charge in [-0.1, -0.05) is 18.2 Å². The van der Waals surface area contributed by atoms with Gasteiger partial charge in [0.2, 0.25) is 0 Å². The number of hydrogen-bond acceptors (Lipinski definition) is 2. The van der Waals surface area contributed by atoms with Gasteiger partial charge in [-0.3, -0.25) is 0 Å². The lowest BCUT2D eigenvalue weighted by atomic mass is 9.84. The van der Waals surface area contributed by atoms with Gasteiger partial charge in [-0.15, -0.1) is 0 Å². The highest BCUT2D eigenvalue weighted by atomic mass is 19.1. The Morgan fingerprint density at radius 1 is 1.50 bits per heavy atom. The largest absolute Gasteiger partial charge is 0.324 e. The van der Waals surface area contributed by atoms with Crippen molar-refractivity contribution in [3.63, 3.8) is 0 Å². The molecular weight excluding hydrogens is 179 g/mol. The van der Waals surface area contributed by atoms with E-state index >= 15 is 0 Å². The molecule has 1 fully saturated rings. The first-order chi connectivity index (χ1) is 6.61. The maximum Gasteiger partial charge on any atom is 0.126 e. The Morgan fingerprint density at radius 3 is 2.79 bits per heavy atom. The minimum atomic E-state index is -0.345. The summed E-state index contributed by atoms with van der Waals surface area (Å²) in [4.78, 5) is 0. The van der Waals surface area contributed by atoms with Crippen LogP contribution in [-0.4, -0.2) is 18.6 Å². The molecule has 3 N–H and O–H groups in total. The molecule has 14 heavy (non-hydrogen) atoms. The number of halogens is 1. The monoisotopic (exact) mass is 194 g/mol. The lowest BCUT2D eigenvalue weighted by Crippen LogP contribution is -2.43. The van der Waals surface area contributed by atoms with Crippen LogP contribution in [0.5, 0.6) is 0 Å². The van der Waals surface area contributed by atoms with Crippen LogP contribution in [0.2, 0.25) is 0 Å². The summed E-state index contributed by atoms with van der Waals surface area (Å²) in [6.45, 7) is 3.46. The normalized spacial score (nSPS) is 32.1. The van der Waals surface area contributed by atoms with Crippen LogP contribution in [0.1, 0.15) is 18.4 Å². The van der Waals surface area contributed by atoms with Crippen LogP contribution in [0.4, 0.5) is 4.39 Å². The number of hydrogen-bond donors (Lipinski definition) is 2. The quantitative estimate of drug-likeness (QED) is 0.705. The fourth-order valence-electron chi connectivity index (χ4n) is 2.07. The number of benzene rings is 1. The molecular formula is C11H15FN2. The van der Waals surface area contributed by atoms with E-state index in [0.717, 1.165) is 18.7 Å². The van der Waals surface area contributed by atoms with Crippen LogP contribution in [0.15, 0.2) is 24.3 Å². The molecule has 1 aromatic carbocycles. The standard InChI is InChI=1S/C11H15FN2/c1-11(13)7-14-6-9(11)8-4-2-3-5-10(8)12/h2-5,9,14H,6-7,13H2,1H3. The van der Waals surface area contributed by atoms with E-state index in [1.165, 1.54) is 6.07 Å². The Bertz CT molecular complexity index is 336. The van der Waals surface area contributed by atoms with Gasteiger partial charge >= 0.3 is 0 Å². The summed E-state index contributed by atoms with van der Waals surface area (Å²) in [7, 11) is 0. The SMILES string of the molecule is CC1(N)CNCC1c1ccccc1F. The van der Waals surface area contributed by atoms with Gasteiger partial charge in [0, 0.05) is 24.5 Å². The molecule has 1 aliphatic rings. The van der Waals surface area contributed by atoms with Gasteiger partial charge < -0.3 is 11.1 Å². The van der Waals surface area contributed by atoms with Crippen LogP contribution in [0.3, 0.4) is 0 Å². The summed E-state index contributed by atoms with van der Waals surface area (Å²) in [6, 6.07) is 6.86. The Morgan fingerprint density at radius 2 is 2.21 bits per heavy atom. The van der Waals surface area contributed by atoms with E-state index in [1.807, 2.05) is 19.1 Å². The lowest BCUT2D eigenvalue weighted by Gasteiger charge is -2.26. The van der Waals surface area contributed by atoms with E-state index in [0.29, 0.717) is 0 Å². The summed E-state index contributed by atoms with van der Waals surface area (Å²) >= 11 is 0. The maximum atomic E-state index is 13.5. The van der Waals surface area contributed by atoms with Gasteiger partial charge in [0.05, 0.1) is 0 Å². The smallest absolute Gasteiger partial charge is 0.126 e. The highest BCUT2D eigenvalue weighted by Crippen LogP contribution is 2.30. The molecule has 76 valence electrons. The molecule has 0 radical (unpaired) electrons. The number of nitrogens with one attached hydrogen (secondary N) is 1. The van der Waals surface area contributed by atoms with Crippen molar-refractivity contribution in [1.29, 1.82) is 0 Å². The van der Waals surface area contributed by atoms with Crippen molar-refractivity contribution in [2.75, 3.05) is 13.1 Å². The van der Waals surface area contributed by atoms with Crippen molar-refractivity contribution in [3.05, 3.63) is 35.6 Å². The Labute approximate surface area is 83.3 Å². The topological polar surface area (TPSA) is 38.0 Å². The fraction of sp³-hybridized carbons (Fsp3) is 0.455. The third-order valence-corrected chi connectivity index (χ3v) is 2.93. The van der Waals surface area contributed by atoms with Crippen molar-refractivity contribution in [2.24, 2.45) is 5.73 Å². The zero-order valence-electron chi connectivity index (χ0n) is 8.26. The van der Waals surface area contributed by atoms with Crippen LogP contribution in [-0.2, 0) is 0 Å². The van der Waals surface area contributed by atoms with Gasteiger partial charge in [0.25, 0.3) is 0 Å². The van der Waals surface area contributed by atoms with Crippen LogP contribution in [0.25, 0.3) is 0 Å². The van der Waals surface area contributed by atoms with Crippen LogP contribution in [0, 0.1) is 5.82 Å². The molecule has 1 heterocycles. The molecule has 2 unspecified atom stereocenters. The Balaban J connectivity index is 2.36. The summed E-state index contributed by atoms with van der Waals surface area (Å²) < 4.78 is 13.5. The molecule has 1 aromatic rings. The molecule has 0 aliphatic carbocycles. The summed E-state index contributed by atoms with van der Waals surface area (Å²) in [5, 5.41) is 3.20. The van der Waals surface area contributed by atoms with Gasteiger partial charge in [-0.25, -0.2) is 4.39 Å². The van der Waals surface area contributed by atoms with Crippen molar-refractivity contribution < 1.29 is 4.39 Å². The van der Waals surface area contributed by atoms with Gasteiger partial charge in [-0.05, 0) is 18.6 Å². The maximum absolute atomic E-state index is 13.5. The van der Waals surface area contributed by atoms with Crippen molar-refractivity contribution in [1.82, 2.24) is 5.32 Å². The molecule has 0 bridgehead atoms. The fourth-order valence-corrected chi connectivity index (χ4v) is 2.07. The van der Waals surface area contributed by atoms with Crippen molar-refractivity contribution in [2.45, 2.75) is 18.4 Å². The third kappa shape index (κ3) is 1.53. The number of rotatable bonds is 1. The molecule has 2 nitrogen and oxygen atoms in total. The van der Waals surface area contributed by atoms with Gasteiger partial charge in [-0.2, -0.15) is 0 Å². The van der Waals surface area contributed by atoms with Gasteiger partial charge in [0.1, 0.15) is 5.82 Å². The van der Waals surface area contributed by atoms with Crippen LogP contribution >= 0.6 is 0 Å². The molecule has 0 aromatic heterocycles. The molecule has 2 atom stereocenters. The summed E-state index contributed by atoms with van der Waals surface area (Å²) in [5.41, 5.74) is 6.47. The molecule has 0 amide bonds. The van der Waals surface area contributed by atoms with E-state index in [-0.39, 0.29) is 17.3 Å². The zero-order chi connectivity index (χ0) is 10.2. The summed E-state index contributed by atoms with van der Waals surface area (Å²) in [5.74, 6) is -0.0819.